The largest absolute Gasteiger partial charge is 0.467 e. The fourth-order valence-corrected chi connectivity index (χ4v) is 3.54. The van der Waals surface area contributed by atoms with Crippen LogP contribution in [0.5, 0.6) is 0 Å². The minimum Gasteiger partial charge on any atom is -0.467 e. The number of aromatic nitrogens is 3. The van der Waals surface area contributed by atoms with Gasteiger partial charge >= 0.3 is 0 Å². The van der Waals surface area contributed by atoms with Gasteiger partial charge in [0.1, 0.15) is 17.4 Å². The van der Waals surface area contributed by atoms with Crippen molar-refractivity contribution in [2.45, 2.75) is 31.4 Å². The van der Waals surface area contributed by atoms with Crippen LogP contribution in [0.15, 0.2) is 41.0 Å². The number of aliphatic hydroxyl groups is 1. The Kier molecular flexibility index (Phi) is 4.01. The first-order valence-corrected chi connectivity index (χ1v) is 8.45. The van der Waals surface area contributed by atoms with E-state index in [1.165, 1.54) is 0 Å². The van der Waals surface area contributed by atoms with E-state index in [4.69, 9.17) is 4.42 Å². The van der Waals surface area contributed by atoms with Crippen LogP contribution in [0.2, 0.25) is 0 Å². The third-order valence-electron chi connectivity index (χ3n) is 4.86. The molecule has 7 nitrogen and oxygen atoms in total. The van der Waals surface area contributed by atoms with Gasteiger partial charge in [0.05, 0.1) is 11.8 Å². The Balaban J connectivity index is 1.53. The Morgan fingerprint density at radius 2 is 2.32 bits per heavy atom. The monoisotopic (exact) mass is 340 g/mol. The summed E-state index contributed by atoms with van der Waals surface area (Å²) >= 11 is 0. The molecule has 1 aromatic carbocycles. The smallest absolute Gasteiger partial charge is 0.254 e. The van der Waals surface area contributed by atoms with E-state index in [1.807, 2.05) is 24.1 Å². The molecule has 1 amide bonds. The molecular weight excluding hydrogens is 320 g/mol. The summed E-state index contributed by atoms with van der Waals surface area (Å²) in [5, 5.41) is 18.4. The number of hydrogen-bond acceptors (Lipinski definition) is 5. The van der Waals surface area contributed by atoms with Crippen molar-refractivity contribution in [2.75, 3.05) is 6.54 Å². The van der Waals surface area contributed by atoms with Gasteiger partial charge in [-0.15, -0.1) is 5.10 Å². The van der Waals surface area contributed by atoms with Crippen LogP contribution >= 0.6 is 0 Å². The second-order valence-corrected chi connectivity index (χ2v) is 6.48. The summed E-state index contributed by atoms with van der Waals surface area (Å²) in [5.41, 5.74) is 2.20. The fraction of sp³-hybridized carbons (Fsp3) is 0.389. The summed E-state index contributed by atoms with van der Waals surface area (Å²) in [4.78, 5) is 14.8. The summed E-state index contributed by atoms with van der Waals surface area (Å²) in [6.45, 7) is 0.701. The molecule has 1 aliphatic heterocycles. The molecule has 0 spiro atoms. The highest BCUT2D eigenvalue weighted by Gasteiger charge is 2.32. The molecule has 130 valence electrons. The Bertz CT molecular complexity index is 887. The van der Waals surface area contributed by atoms with Crippen LogP contribution in [0, 0.1) is 0 Å². The highest BCUT2D eigenvalue weighted by Crippen LogP contribution is 2.29. The van der Waals surface area contributed by atoms with Gasteiger partial charge in [0.25, 0.3) is 5.91 Å². The summed E-state index contributed by atoms with van der Waals surface area (Å²) in [6, 6.07) is 8.98. The molecule has 0 saturated carbocycles. The maximum Gasteiger partial charge on any atom is 0.254 e. The normalized spacial score (nSPS) is 18.8. The third kappa shape index (κ3) is 2.91. The van der Waals surface area contributed by atoms with E-state index in [0.29, 0.717) is 29.8 Å². The first-order chi connectivity index (χ1) is 12.1. The van der Waals surface area contributed by atoms with Crippen LogP contribution in [0.25, 0.3) is 11.0 Å². The number of fused-ring (bicyclic) bond motifs is 1. The molecule has 0 radical (unpaired) electrons. The van der Waals surface area contributed by atoms with Gasteiger partial charge in [0, 0.05) is 31.6 Å². The second kappa shape index (κ2) is 6.33. The molecule has 1 fully saturated rings. The number of rotatable bonds is 4. The van der Waals surface area contributed by atoms with Gasteiger partial charge in [-0.3, -0.25) is 4.79 Å². The van der Waals surface area contributed by atoms with Gasteiger partial charge in [0.15, 0.2) is 0 Å². The lowest BCUT2D eigenvalue weighted by molar-refractivity contribution is 0.0641. The van der Waals surface area contributed by atoms with Crippen molar-refractivity contribution < 1.29 is 14.3 Å². The molecule has 1 aliphatic rings. The van der Waals surface area contributed by atoms with E-state index in [9.17, 15) is 9.90 Å². The summed E-state index contributed by atoms with van der Waals surface area (Å²) in [6.07, 6.45) is 3.15. The first-order valence-electron chi connectivity index (χ1n) is 8.45. The van der Waals surface area contributed by atoms with Gasteiger partial charge in [-0.1, -0.05) is 5.21 Å². The summed E-state index contributed by atoms with van der Waals surface area (Å²) in [7, 11) is 1.82. The molecule has 2 atom stereocenters. The van der Waals surface area contributed by atoms with Gasteiger partial charge in [-0.25, -0.2) is 4.68 Å². The van der Waals surface area contributed by atoms with Gasteiger partial charge < -0.3 is 14.4 Å². The van der Waals surface area contributed by atoms with Gasteiger partial charge in [-0.2, -0.15) is 0 Å². The van der Waals surface area contributed by atoms with Crippen molar-refractivity contribution in [1.82, 2.24) is 19.9 Å². The van der Waals surface area contributed by atoms with Crippen LogP contribution in [0.3, 0.4) is 0 Å². The molecule has 3 heterocycles. The molecule has 7 heteroatoms. The number of likely N-dealkylation sites (tertiary alicyclic amines) is 1. The minimum atomic E-state index is -0.698. The van der Waals surface area contributed by atoms with Crippen molar-refractivity contribution in [2.24, 2.45) is 7.05 Å². The SMILES string of the molecule is Cn1nnc2cc(C(=O)N3CCC[C@H]3C[C@H](O)c3ccco3)ccc21. The first kappa shape index (κ1) is 15.8. The second-order valence-electron chi connectivity index (χ2n) is 6.48. The molecule has 3 aromatic rings. The number of furan rings is 1. The number of carbonyl (C=O) groups excluding carboxylic acids is 1. The lowest BCUT2D eigenvalue weighted by atomic mass is 10.0. The molecule has 4 rings (SSSR count). The number of aliphatic hydroxyl groups excluding tert-OH is 1. The number of hydrogen-bond donors (Lipinski definition) is 1. The van der Waals surface area contributed by atoms with Crippen molar-refractivity contribution >= 4 is 16.9 Å². The number of aryl methyl sites for hydroxylation is 1. The zero-order valence-electron chi connectivity index (χ0n) is 14.0. The van der Waals surface area contributed by atoms with E-state index < -0.39 is 6.10 Å². The zero-order valence-corrected chi connectivity index (χ0v) is 14.0. The van der Waals surface area contributed by atoms with Crippen LogP contribution in [-0.4, -0.2) is 43.5 Å². The quantitative estimate of drug-likeness (QED) is 0.788. The van der Waals surface area contributed by atoms with Crippen LogP contribution < -0.4 is 0 Å². The van der Waals surface area contributed by atoms with Crippen molar-refractivity contribution in [1.29, 1.82) is 0 Å². The van der Waals surface area contributed by atoms with Crippen LogP contribution in [0.4, 0.5) is 0 Å². The van der Waals surface area contributed by atoms with E-state index in [-0.39, 0.29) is 11.9 Å². The predicted molar refractivity (Wildman–Crippen MR) is 90.9 cm³/mol. The van der Waals surface area contributed by atoms with E-state index in [0.717, 1.165) is 18.4 Å². The van der Waals surface area contributed by atoms with Gasteiger partial charge in [-0.05, 0) is 43.2 Å². The minimum absolute atomic E-state index is 0.00477. The van der Waals surface area contributed by atoms with Crippen LogP contribution in [0.1, 0.15) is 41.5 Å². The standard InChI is InChI=1S/C18H20N4O3/c1-21-15-7-6-12(10-14(15)19-20-21)18(24)22-8-2-4-13(22)11-16(23)17-5-3-9-25-17/h3,5-7,9-10,13,16,23H,2,4,8,11H2,1H3/t13-,16-/m0/s1. The Morgan fingerprint density at radius 1 is 1.44 bits per heavy atom. The summed E-state index contributed by atoms with van der Waals surface area (Å²) < 4.78 is 6.95. The van der Waals surface area contributed by atoms with E-state index in [1.54, 1.807) is 29.1 Å². The topological polar surface area (TPSA) is 84.4 Å². The van der Waals surface area contributed by atoms with Crippen molar-refractivity contribution in [3.8, 4) is 0 Å². The summed E-state index contributed by atoms with van der Waals surface area (Å²) in [5.74, 6) is 0.516. The maximum atomic E-state index is 12.9. The average molecular weight is 340 g/mol. The van der Waals surface area contributed by atoms with Gasteiger partial charge in [0.2, 0.25) is 0 Å². The zero-order chi connectivity index (χ0) is 17.4. The molecule has 2 aromatic heterocycles. The Labute approximate surface area is 144 Å². The van der Waals surface area contributed by atoms with Crippen molar-refractivity contribution in [3.05, 3.63) is 47.9 Å². The van der Waals surface area contributed by atoms with E-state index >= 15 is 0 Å². The predicted octanol–water partition coefficient (Wildman–Crippen LogP) is 2.29. The average Bonchev–Trinajstić information content (AvgIpc) is 3.35. The molecular formula is C18H20N4O3. The Morgan fingerprint density at radius 3 is 3.12 bits per heavy atom. The third-order valence-corrected chi connectivity index (χ3v) is 4.86. The molecule has 0 bridgehead atoms. The lowest BCUT2D eigenvalue weighted by Gasteiger charge is -2.26. The molecule has 0 unspecified atom stereocenters. The van der Waals surface area contributed by atoms with E-state index in [2.05, 4.69) is 10.3 Å². The number of carbonyl (C=O) groups is 1. The molecule has 1 saturated heterocycles. The Hall–Kier alpha value is -2.67. The molecule has 25 heavy (non-hydrogen) atoms. The maximum absolute atomic E-state index is 12.9. The van der Waals surface area contributed by atoms with Crippen molar-refractivity contribution in [3.63, 3.8) is 0 Å². The highest BCUT2D eigenvalue weighted by atomic mass is 16.4. The number of amides is 1. The number of nitrogens with zero attached hydrogens (tertiary/aromatic N) is 4. The van der Waals surface area contributed by atoms with Crippen LogP contribution in [-0.2, 0) is 7.05 Å². The fourth-order valence-electron chi connectivity index (χ4n) is 3.54. The molecule has 1 N–H and O–H groups in total. The number of benzene rings is 1. The highest BCUT2D eigenvalue weighted by molar-refractivity contribution is 5.97. The molecule has 0 aliphatic carbocycles. The lowest BCUT2D eigenvalue weighted by Crippen LogP contribution is -2.36.